The molecule has 0 aliphatic carbocycles. The Morgan fingerprint density at radius 3 is 2.38 bits per heavy atom. The summed E-state index contributed by atoms with van der Waals surface area (Å²) in [6, 6.07) is 18.8. The number of amides is 1. The van der Waals surface area contributed by atoms with E-state index in [1.807, 2.05) is 66.4 Å². The third kappa shape index (κ3) is 5.29. The van der Waals surface area contributed by atoms with E-state index in [2.05, 4.69) is 15.1 Å². The molecule has 1 aliphatic rings. The number of halogens is 1. The highest BCUT2D eigenvalue weighted by atomic mass is 35.5. The Hall–Kier alpha value is -3.32. The highest BCUT2D eigenvalue weighted by Crippen LogP contribution is 2.26. The summed E-state index contributed by atoms with van der Waals surface area (Å²) in [6.07, 6.45) is 0. The maximum absolute atomic E-state index is 12.6. The molecule has 1 aromatic heterocycles. The fraction of sp³-hybridized carbons (Fsp3) is 0.292. The summed E-state index contributed by atoms with van der Waals surface area (Å²) in [5, 5.41) is 9.35. The number of aromatic nitrogens is 2. The number of benzene rings is 2. The van der Waals surface area contributed by atoms with E-state index >= 15 is 0 Å². The minimum Gasteiger partial charge on any atom is -0.494 e. The van der Waals surface area contributed by atoms with E-state index in [1.54, 1.807) is 6.07 Å². The molecule has 0 atom stereocenters. The number of piperazine rings is 1. The molecular formula is C24H25ClN4O3. The third-order valence-corrected chi connectivity index (χ3v) is 5.57. The number of hydrogen-bond acceptors (Lipinski definition) is 6. The molecule has 166 valence electrons. The number of carbonyl (C=O) groups is 1. The Morgan fingerprint density at radius 2 is 1.69 bits per heavy atom. The Morgan fingerprint density at radius 1 is 0.938 bits per heavy atom. The van der Waals surface area contributed by atoms with E-state index in [1.165, 1.54) is 0 Å². The number of carbonyl (C=O) groups excluding carboxylic acids is 1. The summed E-state index contributed by atoms with van der Waals surface area (Å²) in [6.45, 7) is 5.10. The largest absolute Gasteiger partial charge is 0.494 e. The summed E-state index contributed by atoms with van der Waals surface area (Å²) in [4.78, 5) is 16.5. The van der Waals surface area contributed by atoms with Crippen molar-refractivity contribution in [1.29, 1.82) is 0 Å². The molecule has 0 saturated carbocycles. The van der Waals surface area contributed by atoms with E-state index in [9.17, 15) is 4.79 Å². The quantitative estimate of drug-likeness (QED) is 0.541. The molecule has 32 heavy (non-hydrogen) atoms. The normalized spacial score (nSPS) is 13.7. The van der Waals surface area contributed by atoms with Gasteiger partial charge in [0.1, 0.15) is 11.5 Å². The molecule has 0 N–H and O–H groups in total. The van der Waals surface area contributed by atoms with Crippen molar-refractivity contribution in [3.05, 3.63) is 65.7 Å². The van der Waals surface area contributed by atoms with Gasteiger partial charge in [-0.15, -0.1) is 10.2 Å². The summed E-state index contributed by atoms with van der Waals surface area (Å²) in [5.74, 6) is 2.10. The summed E-state index contributed by atoms with van der Waals surface area (Å²) in [5.41, 5.74) is 1.59. The third-order valence-electron chi connectivity index (χ3n) is 5.24. The Bertz CT molecular complexity index is 1050. The molecule has 1 aliphatic heterocycles. The van der Waals surface area contributed by atoms with Crippen molar-refractivity contribution in [1.82, 2.24) is 15.1 Å². The van der Waals surface area contributed by atoms with Crippen LogP contribution in [-0.4, -0.2) is 60.4 Å². The SMILES string of the molecule is CCOc1cccc(OCC(=O)N2CCN(c3ccc(-c4ccccc4Cl)nn3)CC2)c1. The van der Waals surface area contributed by atoms with E-state index in [0.717, 1.165) is 22.8 Å². The summed E-state index contributed by atoms with van der Waals surface area (Å²) >= 11 is 6.25. The lowest BCUT2D eigenvalue weighted by Crippen LogP contribution is -2.50. The second kappa shape index (κ2) is 10.3. The predicted octanol–water partition coefficient (Wildman–Crippen LogP) is 3.92. The van der Waals surface area contributed by atoms with Crippen LogP contribution in [-0.2, 0) is 4.79 Å². The van der Waals surface area contributed by atoms with Crippen molar-refractivity contribution in [3.8, 4) is 22.8 Å². The topological polar surface area (TPSA) is 67.8 Å². The lowest BCUT2D eigenvalue weighted by Gasteiger charge is -2.35. The first kappa shape index (κ1) is 21.9. The summed E-state index contributed by atoms with van der Waals surface area (Å²) < 4.78 is 11.1. The average molecular weight is 453 g/mol. The first-order valence-corrected chi connectivity index (χ1v) is 11.0. The number of rotatable bonds is 7. The smallest absolute Gasteiger partial charge is 0.260 e. The number of ether oxygens (including phenoxy) is 2. The lowest BCUT2D eigenvalue weighted by molar-refractivity contribution is -0.133. The van der Waals surface area contributed by atoms with Crippen LogP contribution in [0.1, 0.15) is 6.92 Å². The van der Waals surface area contributed by atoms with Crippen molar-refractivity contribution < 1.29 is 14.3 Å². The van der Waals surface area contributed by atoms with Crippen molar-refractivity contribution in [2.45, 2.75) is 6.92 Å². The van der Waals surface area contributed by atoms with Crippen molar-refractivity contribution in [2.75, 3.05) is 44.3 Å². The lowest BCUT2D eigenvalue weighted by atomic mass is 10.1. The van der Waals surface area contributed by atoms with Crippen LogP contribution in [0, 0.1) is 0 Å². The Balaban J connectivity index is 1.29. The highest BCUT2D eigenvalue weighted by Gasteiger charge is 2.22. The Kier molecular flexibility index (Phi) is 7.07. The molecule has 0 spiro atoms. The number of anilines is 1. The van der Waals surface area contributed by atoms with Gasteiger partial charge in [0.2, 0.25) is 0 Å². The van der Waals surface area contributed by atoms with Gasteiger partial charge in [0.05, 0.1) is 17.3 Å². The highest BCUT2D eigenvalue weighted by molar-refractivity contribution is 6.33. The molecule has 1 saturated heterocycles. The van der Waals surface area contributed by atoms with Gasteiger partial charge in [-0.05, 0) is 37.3 Å². The predicted molar refractivity (Wildman–Crippen MR) is 124 cm³/mol. The van der Waals surface area contributed by atoms with E-state index < -0.39 is 0 Å². The zero-order valence-electron chi connectivity index (χ0n) is 17.9. The fourth-order valence-electron chi connectivity index (χ4n) is 3.55. The van der Waals surface area contributed by atoms with Crippen LogP contribution in [0.25, 0.3) is 11.3 Å². The molecule has 0 radical (unpaired) electrons. The van der Waals surface area contributed by atoms with Crippen LogP contribution in [0.5, 0.6) is 11.5 Å². The van der Waals surface area contributed by atoms with Gasteiger partial charge >= 0.3 is 0 Å². The maximum Gasteiger partial charge on any atom is 0.260 e. The van der Waals surface area contributed by atoms with E-state index in [4.69, 9.17) is 21.1 Å². The second-order valence-corrected chi connectivity index (χ2v) is 7.73. The minimum absolute atomic E-state index is 0.00190. The van der Waals surface area contributed by atoms with Gasteiger partial charge in [0.15, 0.2) is 12.4 Å². The van der Waals surface area contributed by atoms with Gasteiger partial charge in [-0.2, -0.15) is 0 Å². The fourth-order valence-corrected chi connectivity index (χ4v) is 3.78. The number of nitrogens with zero attached hydrogens (tertiary/aromatic N) is 4. The van der Waals surface area contributed by atoms with Crippen LogP contribution in [0.4, 0.5) is 5.82 Å². The van der Waals surface area contributed by atoms with Crippen molar-refractivity contribution >= 4 is 23.3 Å². The molecule has 7 nitrogen and oxygen atoms in total. The van der Waals surface area contributed by atoms with Gasteiger partial charge in [0.25, 0.3) is 5.91 Å². The van der Waals surface area contributed by atoms with E-state index in [-0.39, 0.29) is 12.5 Å². The molecule has 1 fully saturated rings. The first-order chi connectivity index (χ1) is 15.6. The van der Waals surface area contributed by atoms with Crippen LogP contribution in [0.15, 0.2) is 60.7 Å². The van der Waals surface area contributed by atoms with Crippen LogP contribution in [0.3, 0.4) is 0 Å². The molecule has 2 aromatic carbocycles. The number of hydrogen-bond donors (Lipinski definition) is 0. The second-order valence-electron chi connectivity index (χ2n) is 7.32. The first-order valence-electron chi connectivity index (χ1n) is 10.6. The molecule has 4 rings (SSSR count). The van der Waals surface area contributed by atoms with Gasteiger partial charge in [-0.1, -0.05) is 35.9 Å². The summed E-state index contributed by atoms with van der Waals surface area (Å²) in [7, 11) is 0. The van der Waals surface area contributed by atoms with Crippen LogP contribution >= 0.6 is 11.6 Å². The molecule has 0 unspecified atom stereocenters. The average Bonchev–Trinajstić information content (AvgIpc) is 2.84. The zero-order valence-corrected chi connectivity index (χ0v) is 18.7. The zero-order chi connectivity index (χ0) is 22.3. The van der Waals surface area contributed by atoms with Crippen LogP contribution in [0.2, 0.25) is 5.02 Å². The molecule has 1 amide bonds. The molecule has 3 aromatic rings. The van der Waals surface area contributed by atoms with Crippen LogP contribution < -0.4 is 14.4 Å². The Labute approximate surface area is 192 Å². The minimum atomic E-state index is -0.0355. The monoisotopic (exact) mass is 452 g/mol. The standard InChI is InChI=1S/C24H25ClN4O3/c1-2-31-18-6-5-7-19(16-18)32-17-24(30)29-14-12-28(13-15-29)23-11-10-22(26-27-23)20-8-3-4-9-21(20)25/h3-11,16H,2,12-15,17H2,1H3. The van der Waals surface area contributed by atoms with Gasteiger partial charge in [0, 0.05) is 37.8 Å². The van der Waals surface area contributed by atoms with E-state index in [0.29, 0.717) is 43.6 Å². The van der Waals surface area contributed by atoms with Crippen molar-refractivity contribution in [3.63, 3.8) is 0 Å². The van der Waals surface area contributed by atoms with Gasteiger partial charge in [-0.3, -0.25) is 4.79 Å². The molecule has 2 heterocycles. The maximum atomic E-state index is 12.6. The molecule has 8 heteroatoms. The molecular weight excluding hydrogens is 428 g/mol. The van der Waals surface area contributed by atoms with Crippen molar-refractivity contribution in [2.24, 2.45) is 0 Å². The van der Waals surface area contributed by atoms with Gasteiger partial charge in [-0.25, -0.2) is 0 Å². The molecule has 0 bridgehead atoms. The van der Waals surface area contributed by atoms with Gasteiger partial charge < -0.3 is 19.3 Å².